The molecule has 0 radical (unpaired) electrons. The van der Waals surface area contributed by atoms with Crippen LogP contribution < -0.4 is 4.72 Å². The van der Waals surface area contributed by atoms with E-state index in [0.29, 0.717) is 42.7 Å². The summed E-state index contributed by atoms with van der Waals surface area (Å²) in [6.45, 7) is 4.98. The molecule has 0 saturated heterocycles. The van der Waals surface area contributed by atoms with Crippen LogP contribution in [0.25, 0.3) is 0 Å². The van der Waals surface area contributed by atoms with E-state index >= 15 is 0 Å². The summed E-state index contributed by atoms with van der Waals surface area (Å²) >= 11 is 0. The zero-order valence-corrected chi connectivity index (χ0v) is 24.5. The van der Waals surface area contributed by atoms with Gasteiger partial charge in [0.05, 0.1) is 14.7 Å². The van der Waals surface area contributed by atoms with E-state index in [1.54, 1.807) is 32.9 Å². The van der Waals surface area contributed by atoms with E-state index in [1.807, 2.05) is 0 Å². The topological polar surface area (TPSA) is 150 Å². The van der Waals surface area contributed by atoms with Gasteiger partial charge in [0, 0.05) is 30.2 Å². The average molecular weight is 588 g/mol. The highest BCUT2D eigenvalue weighted by Gasteiger charge is 2.27. The molecule has 1 aromatic rings. The van der Waals surface area contributed by atoms with Gasteiger partial charge in [0.25, 0.3) is 10.0 Å². The van der Waals surface area contributed by atoms with Gasteiger partial charge in [-0.05, 0) is 70.2 Å². The Bertz CT molecular complexity index is 1490. The van der Waals surface area contributed by atoms with Gasteiger partial charge in [-0.25, -0.2) is 30.0 Å². The van der Waals surface area contributed by atoms with Gasteiger partial charge < -0.3 is 9.47 Å². The molecule has 0 bridgehead atoms. The van der Waals surface area contributed by atoms with E-state index in [9.17, 15) is 30.0 Å². The second kappa shape index (κ2) is 10.9. The van der Waals surface area contributed by atoms with Gasteiger partial charge in [-0.15, -0.1) is 0 Å². The minimum absolute atomic E-state index is 0.287. The summed E-state index contributed by atoms with van der Waals surface area (Å²) in [5.41, 5.74) is 1.10. The normalized spacial score (nSPS) is 17.1. The highest BCUT2D eigenvalue weighted by Crippen LogP contribution is 2.36. The zero-order valence-electron chi connectivity index (χ0n) is 22.0. The molecule has 0 fully saturated rings. The lowest BCUT2D eigenvalue weighted by molar-refractivity contribution is -0.158. The molecule has 0 amide bonds. The molecule has 3 rings (SSSR count). The molecular weight excluding hydrogens is 554 g/mol. The highest BCUT2D eigenvalue weighted by molar-refractivity contribution is 7.92. The first kappa shape index (κ1) is 29.9. The van der Waals surface area contributed by atoms with Gasteiger partial charge in [-0.2, -0.15) is 0 Å². The summed E-state index contributed by atoms with van der Waals surface area (Å²) in [6, 6.07) is 2.82. The number of fused-ring (bicyclic) bond motifs is 1. The molecule has 2 aliphatic rings. The molecule has 10 nitrogen and oxygen atoms in total. The number of allylic oxidation sites excluding steroid dienone is 5. The summed E-state index contributed by atoms with van der Waals surface area (Å²) in [6.07, 6.45) is 8.16. The Morgan fingerprint density at radius 3 is 2.00 bits per heavy atom. The lowest BCUT2D eigenvalue weighted by Crippen LogP contribution is -2.27. The quantitative estimate of drug-likeness (QED) is 0.452. The fourth-order valence-electron chi connectivity index (χ4n) is 4.07. The van der Waals surface area contributed by atoms with Crippen molar-refractivity contribution in [2.45, 2.75) is 73.2 Å². The fourth-order valence-corrected chi connectivity index (χ4v) is 6.88. The molecule has 0 saturated carbocycles. The second-order valence-electron chi connectivity index (χ2n) is 10.3. The Labute approximate surface area is 224 Å². The third-order valence-electron chi connectivity index (χ3n) is 5.74. The highest BCUT2D eigenvalue weighted by atomic mass is 32.2. The molecule has 0 atom stereocenters. The number of hydrogen-bond donors (Lipinski definition) is 1. The maximum Gasteiger partial charge on any atom is 0.344 e. The van der Waals surface area contributed by atoms with Gasteiger partial charge in [0.2, 0.25) is 0 Å². The van der Waals surface area contributed by atoms with Gasteiger partial charge in [0.1, 0.15) is 11.4 Å². The molecule has 1 aromatic carbocycles. The molecule has 0 unspecified atom stereocenters. The largest absolute Gasteiger partial charge is 0.486 e. The Hall–Kier alpha value is -2.64. The SMILES string of the molecule is CC(C)(C)OC(=O)COC1=C2CCCCC(NS(=O)(=O)c3cc(S(C)(=O)=O)cc(S(C)(=O)=O)c3)=C2C=CC1. The van der Waals surface area contributed by atoms with Gasteiger partial charge in [-0.1, -0.05) is 12.2 Å². The number of nitrogens with one attached hydrogen (secondary N) is 1. The van der Waals surface area contributed by atoms with E-state index in [0.717, 1.165) is 42.7 Å². The lowest BCUT2D eigenvalue weighted by atomic mass is 9.94. The molecule has 2 aliphatic carbocycles. The van der Waals surface area contributed by atoms with Crippen molar-refractivity contribution in [1.82, 2.24) is 4.72 Å². The maximum absolute atomic E-state index is 13.4. The minimum Gasteiger partial charge on any atom is -0.486 e. The molecule has 0 aromatic heterocycles. The standard InChI is InChI=1S/C25H33NO9S3/c1-25(2,3)35-24(27)16-34-23-12-8-10-20-21(23)9-6-7-11-22(20)26-38(32,33)19-14-17(36(4,28)29)13-18(15-19)37(5,30)31/h8,10,13-15,26H,6-7,9,11-12,16H2,1-5H3. The van der Waals surface area contributed by atoms with Crippen LogP contribution in [0.3, 0.4) is 0 Å². The van der Waals surface area contributed by atoms with Crippen LogP contribution in [0.15, 0.2) is 67.6 Å². The van der Waals surface area contributed by atoms with Crippen LogP contribution in [0.4, 0.5) is 0 Å². The van der Waals surface area contributed by atoms with E-state index in [-0.39, 0.29) is 6.61 Å². The number of esters is 1. The predicted molar refractivity (Wildman–Crippen MR) is 141 cm³/mol. The number of hydrogen-bond acceptors (Lipinski definition) is 9. The Kier molecular flexibility index (Phi) is 8.54. The number of sulfonamides is 1. The van der Waals surface area contributed by atoms with Crippen LogP contribution in [-0.4, -0.2) is 55.9 Å². The number of ether oxygens (including phenoxy) is 2. The number of carbonyl (C=O) groups is 1. The summed E-state index contributed by atoms with van der Waals surface area (Å²) < 4.78 is 89.1. The van der Waals surface area contributed by atoms with E-state index in [2.05, 4.69) is 4.72 Å². The second-order valence-corrected chi connectivity index (χ2v) is 16.0. The van der Waals surface area contributed by atoms with Crippen LogP contribution in [0.5, 0.6) is 0 Å². The Morgan fingerprint density at radius 1 is 0.895 bits per heavy atom. The van der Waals surface area contributed by atoms with Gasteiger partial charge in [-0.3, -0.25) is 4.72 Å². The molecule has 1 N–H and O–H groups in total. The number of rotatable bonds is 8. The Morgan fingerprint density at radius 2 is 1.45 bits per heavy atom. The van der Waals surface area contributed by atoms with Crippen molar-refractivity contribution >= 4 is 35.7 Å². The van der Waals surface area contributed by atoms with Crippen LogP contribution >= 0.6 is 0 Å². The number of sulfone groups is 2. The minimum atomic E-state index is -4.36. The van der Waals surface area contributed by atoms with Crippen molar-refractivity contribution < 1.29 is 39.5 Å². The van der Waals surface area contributed by atoms with E-state index < -0.39 is 56.0 Å². The fraction of sp³-hybridized carbons (Fsp3) is 0.480. The first-order valence-electron chi connectivity index (χ1n) is 11.9. The first-order chi connectivity index (χ1) is 17.4. The smallest absolute Gasteiger partial charge is 0.344 e. The summed E-state index contributed by atoms with van der Waals surface area (Å²) in [4.78, 5) is 10.8. The van der Waals surface area contributed by atoms with Crippen molar-refractivity contribution in [3.8, 4) is 0 Å². The van der Waals surface area contributed by atoms with Crippen LogP contribution in [0.1, 0.15) is 52.9 Å². The van der Waals surface area contributed by atoms with Crippen LogP contribution in [0, 0.1) is 0 Å². The molecule has 13 heteroatoms. The summed E-state index contributed by atoms with van der Waals surface area (Å²) in [5, 5.41) is 0. The van der Waals surface area contributed by atoms with Crippen LogP contribution in [-0.2, 0) is 44.0 Å². The monoisotopic (exact) mass is 587 g/mol. The third-order valence-corrected chi connectivity index (χ3v) is 9.30. The van der Waals surface area contributed by atoms with E-state index in [4.69, 9.17) is 9.47 Å². The maximum atomic E-state index is 13.4. The molecule has 0 spiro atoms. The van der Waals surface area contributed by atoms with Gasteiger partial charge in [0.15, 0.2) is 26.3 Å². The van der Waals surface area contributed by atoms with Crippen LogP contribution in [0.2, 0.25) is 0 Å². The van der Waals surface area contributed by atoms with Crippen molar-refractivity contribution in [1.29, 1.82) is 0 Å². The summed E-state index contributed by atoms with van der Waals surface area (Å²) in [5.74, 6) is 0.0260. The summed E-state index contributed by atoms with van der Waals surface area (Å²) in [7, 11) is -12.2. The van der Waals surface area contributed by atoms with Gasteiger partial charge >= 0.3 is 5.97 Å². The average Bonchev–Trinajstić information content (AvgIpc) is 2.97. The van der Waals surface area contributed by atoms with E-state index in [1.165, 1.54) is 0 Å². The van der Waals surface area contributed by atoms with Crippen molar-refractivity contribution in [2.24, 2.45) is 0 Å². The zero-order chi connectivity index (χ0) is 28.5. The predicted octanol–water partition coefficient (Wildman–Crippen LogP) is 3.17. The van der Waals surface area contributed by atoms with Crippen molar-refractivity contribution in [3.63, 3.8) is 0 Å². The molecule has 0 aliphatic heterocycles. The molecule has 0 heterocycles. The molecule has 210 valence electrons. The third kappa shape index (κ3) is 7.70. The first-order valence-corrected chi connectivity index (χ1v) is 17.2. The lowest BCUT2D eigenvalue weighted by Gasteiger charge is -2.23. The molecule has 38 heavy (non-hydrogen) atoms. The molecular formula is C25H33NO9S3. The van der Waals surface area contributed by atoms with Crippen molar-refractivity contribution in [3.05, 3.63) is 53.0 Å². The van der Waals surface area contributed by atoms with Crippen molar-refractivity contribution in [2.75, 3.05) is 19.1 Å². The Balaban J connectivity index is 2.00. The number of carbonyl (C=O) groups excluding carboxylic acids is 1. The number of benzene rings is 1.